The molecule has 3 rings (SSSR count). The molecule has 30 heavy (non-hydrogen) atoms. The van der Waals surface area contributed by atoms with Crippen LogP contribution < -0.4 is 15.2 Å². The third-order valence-electron chi connectivity index (χ3n) is 3.98. The molecule has 0 aliphatic heterocycles. The van der Waals surface area contributed by atoms with Crippen molar-refractivity contribution in [1.29, 1.82) is 5.26 Å². The average molecular weight is 427 g/mol. The summed E-state index contributed by atoms with van der Waals surface area (Å²) in [5.74, 6) is 0.968. The number of ether oxygens (including phenoxy) is 1. The standard InChI is InChI=1S/C20H19ClN6O3/c1-12(2)11-27(19-15(21)10-23-18(9-22)24-19)25-20(28)16-8-17(30-26-16)13-4-6-14(29-3)7-5-13/h4-8,10,12H,11H2,1-3H3,(H,25,28). The molecule has 0 saturated carbocycles. The van der Waals surface area contributed by atoms with Gasteiger partial charge in [0.2, 0.25) is 5.82 Å². The molecule has 1 N–H and O–H groups in total. The Balaban J connectivity index is 1.83. The highest BCUT2D eigenvalue weighted by Gasteiger charge is 2.21. The predicted molar refractivity (Wildman–Crippen MR) is 110 cm³/mol. The van der Waals surface area contributed by atoms with E-state index in [9.17, 15) is 4.79 Å². The third-order valence-corrected chi connectivity index (χ3v) is 4.25. The normalized spacial score (nSPS) is 10.5. The molecule has 0 unspecified atom stereocenters. The summed E-state index contributed by atoms with van der Waals surface area (Å²) in [6.07, 6.45) is 1.32. The molecule has 0 aliphatic rings. The predicted octanol–water partition coefficient (Wildman–Crippen LogP) is 3.47. The number of hydrazine groups is 1. The fraction of sp³-hybridized carbons (Fsp3) is 0.250. The van der Waals surface area contributed by atoms with Crippen LogP contribution in [0.3, 0.4) is 0 Å². The molecule has 0 saturated heterocycles. The van der Waals surface area contributed by atoms with Crippen molar-refractivity contribution < 1.29 is 14.1 Å². The van der Waals surface area contributed by atoms with Gasteiger partial charge in [-0.05, 0) is 30.2 Å². The molecule has 2 heterocycles. The molecular weight excluding hydrogens is 408 g/mol. The van der Waals surface area contributed by atoms with Crippen LogP contribution in [0.25, 0.3) is 11.3 Å². The van der Waals surface area contributed by atoms with Gasteiger partial charge in [-0.15, -0.1) is 0 Å². The van der Waals surface area contributed by atoms with Crippen LogP contribution in [0.2, 0.25) is 5.02 Å². The highest BCUT2D eigenvalue weighted by Crippen LogP contribution is 2.24. The number of nitrogens with one attached hydrogen (secondary N) is 1. The number of amides is 1. The molecule has 10 heteroatoms. The number of hydrogen-bond donors (Lipinski definition) is 1. The van der Waals surface area contributed by atoms with E-state index < -0.39 is 5.91 Å². The first-order valence-corrected chi connectivity index (χ1v) is 9.41. The van der Waals surface area contributed by atoms with Crippen molar-refractivity contribution >= 4 is 23.3 Å². The van der Waals surface area contributed by atoms with Gasteiger partial charge in [-0.1, -0.05) is 30.6 Å². The second-order valence-electron chi connectivity index (χ2n) is 6.73. The van der Waals surface area contributed by atoms with Gasteiger partial charge >= 0.3 is 0 Å². The van der Waals surface area contributed by atoms with Crippen molar-refractivity contribution in [2.75, 3.05) is 18.7 Å². The number of benzene rings is 1. The number of methoxy groups -OCH3 is 1. The molecule has 2 aromatic heterocycles. The van der Waals surface area contributed by atoms with Crippen molar-refractivity contribution in [3.8, 4) is 23.1 Å². The molecule has 1 amide bonds. The third kappa shape index (κ3) is 4.85. The number of hydrogen-bond acceptors (Lipinski definition) is 8. The maximum absolute atomic E-state index is 12.8. The lowest BCUT2D eigenvalue weighted by atomic mass is 10.1. The average Bonchev–Trinajstić information content (AvgIpc) is 3.24. The number of aromatic nitrogens is 3. The van der Waals surface area contributed by atoms with Crippen LogP contribution in [0.5, 0.6) is 5.75 Å². The summed E-state index contributed by atoms with van der Waals surface area (Å²) in [6, 6.07) is 10.6. The van der Waals surface area contributed by atoms with E-state index in [4.69, 9.17) is 26.1 Å². The van der Waals surface area contributed by atoms with Crippen molar-refractivity contribution in [3.63, 3.8) is 0 Å². The summed E-state index contributed by atoms with van der Waals surface area (Å²) in [5.41, 5.74) is 3.56. The Morgan fingerprint density at radius 1 is 1.37 bits per heavy atom. The van der Waals surface area contributed by atoms with Crippen LogP contribution in [-0.2, 0) is 0 Å². The maximum atomic E-state index is 12.8. The van der Waals surface area contributed by atoms with E-state index in [0.717, 1.165) is 5.56 Å². The molecule has 0 aliphatic carbocycles. The summed E-state index contributed by atoms with van der Waals surface area (Å²) in [4.78, 5) is 20.7. The van der Waals surface area contributed by atoms with Gasteiger partial charge in [0.25, 0.3) is 5.91 Å². The van der Waals surface area contributed by atoms with Crippen LogP contribution in [-0.4, -0.2) is 34.7 Å². The highest BCUT2D eigenvalue weighted by atomic mass is 35.5. The van der Waals surface area contributed by atoms with E-state index in [2.05, 4.69) is 20.6 Å². The maximum Gasteiger partial charge on any atom is 0.292 e. The Morgan fingerprint density at radius 3 is 2.73 bits per heavy atom. The quantitative estimate of drug-likeness (QED) is 0.570. The minimum Gasteiger partial charge on any atom is -0.497 e. The first-order valence-electron chi connectivity index (χ1n) is 9.03. The highest BCUT2D eigenvalue weighted by molar-refractivity contribution is 6.32. The molecule has 0 atom stereocenters. The Bertz CT molecular complexity index is 1070. The largest absolute Gasteiger partial charge is 0.497 e. The first-order chi connectivity index (χ1) is 14.4. The van der Waals surface area contributed by atoms with E-state index >= 15 is 0 Å². The van der Waals surface area contributed by atoms with Crippen molar-refractivity contribution in [2.24, 2.45) is 5.92 Å². The van der Waals surface area contributed by atoms with Gasteiger partial charge in [0, 0.05) is 18.2 Å². The van der Waals surface area contributed by atoms with Crippen LogP contribution in [0.1, 0.15) is 30.2 Å². The summed E-state index contributed by atoms with van der Waals surface area (Å²) >= 11 is 6.20. The number of anilines is 1. The molecular formula is C20H19ClN6O3. The van der Waals surface area contributed by atoms with Gasteiger partial charge in [0.1, 0.15) is 16.8 Å². The molecule has 9 nitrogen and oxygen atoms in total. The van der Waals surface area contributed by atoms with Gasteiger partial charge in [0.15, 0.2) is 17.3 Å². The minimum absolute atomic E-state index is 0.0550. The van der Waals surface area contributed by atoms with E-state index in [-0.39, 0.29) is 28.3 Å². The van der Waals surface area contributed by atoms with E-state index in [0.29, 0.717) is 18.1 Å². The van der Waals surface area contributed by atoms with Crippen LogP contribution in [0, 0.1) is 17.2 Å². The van der Waals surface area contributed by atoms with Gasteiger partial charge in [-0.3, -0.25) is 15.2 Å². The number of halogens is 1. The molecule has 0 bridgehead atoms. The first kappa shape index (κ1) is 21.1. The minimum atomic E-state index is -0.507. The number of nitriles is 1. The molecule has 0 fully saturated rings. The van der Waals surface area contributed by atoms with Gasteiger partial charge < -0.3 is 9.26 Å². The lowest BCUT2D eigenvalue weighted by Gasteiger charge is -2.26. The second kappa shape index (κ2) is 9.24. The topological polar surface area (TPSA) is 117 Å². The van der Waals surface area contributed by atoms with Gasteiger partial charge in [-0.25, -0.2) is 4.98 Å². The SMILES string of the molecule is COc1ccc(-c2cc(C(=O)NN(CC(C)C)c3nc(C#N)ncc3Cl)no2)cc1. The van der Waals surface area contributed by atoms with Crippen molar-refractivity contribution in [3.05, 3.63) is 53.1 Å². The summed E-state index contributed by atoms with van der Waals surface area (Å²) < 4.78 is 10.4. The van der Waals surface area contributed by atoms with Crippen molar-refractivity contribution in [2.45, 2.75) is 13.8 Å². The summed E-state index contributed by atoms with van der Waals surface area (Å²) in [5, 5.41) is 14.6. The molecule has 1 aromatic carbocycles. The number of carbonyl (C=O) groups is 1. The molecule has 3 aromatic rings. The Hall–Kier alpha value is -3.64. The van der Waals surface area contributed by atoms with Crippen molar-refractivity contribution in [1.82, 2.24) is 20.6 Å². The smallest absolute Gasteiger partial charge is 0.292 e. The monoisotopic (exact) mass is 426 g/mol. The number of carbonyl (C=O) groups excluding carboxylic acids is 1. The molecule has 154 valence electrons. The zero-order valence-corrected chi connectivity index (χ0v) is 17.3. The second-order valence-corrected chi connectivity index (χ2v) is 7.13. The van der Waals surface area contributed by atoms with Gasteiger partial charge in [0.05, 0.1) is 13.3 Å². The summed E-state index contributed by atoms with van der Waals surface area (Å²) in [7, 11) is 1.58. The van der Waals surface area contributed by atoms with Gasteiger partial charge in [-0.2, -0.15) is 10.2 Å². The van der Waals surface area contributed by atoms with E-state index in [1.54, 1.807) is 31.4 Å². The van der Waals surface area contributed by atoms with Crippen LogP contribution in [0.4, 0.5) is 5.82 Å². The Kier molecular flexibility index (Phi) is 6.49. The summed E-state index contributed by atoms with van der Waals surface area (Å²) in [6.45, 7) is 4.34. The van der Waals surface area contributed by atoms with E-state index in [1.807, 2.05) is 19.9 Å². The Labute approximate surface area is 178 Å². The molecule has 0 radical (unpaired) electrons. The van der Waals surface area contributed by atoms with E-state index in [1.165, 1.54) is 17.3 Å². The van der Waals surface area contributed by atoms with Crippen LogP contribution >= 0.6 is 11.6 Å². The lowest BCUT2D eigenvalue weighted by Crippen LogP contribution is -2.45. The number of rotatable bonds is 7. The fourth-order valence-electron chi connectivity index (χ4n) is 2.60. The zero-order chi connectivity index (χ0) is 21.7. The van der Waals surface area contributed by atoms with Crippen LogP contribution in [0.15, 0.2) is 41.1 Å². The fourth-order valence-corrected chi connectivity index (χ4v) is 2.80. The number of nitrogens with zero attached hydrogens (tertiary/aromatic N) is 5. The Morgan fingerprint density at radius 2 is 2.10 bits per heavy atom. The zero-order valence-electron chi connectivity index (χ0n) is 16.6. The lowest BCUT2D eigenvalue weighted by molar-refractivity contribution is 0.0938. The molecule has 0 spiro atoms.